The standard InChI is InChI=1S/C14H26N2O4/c1-10(2)11(8-20-4)15-13(19)16-7-5-6-14(3,9-16)12(17)18/h10-11H,5-9H2,1-4H3,(H,15,19)(H,17,18). The zero-order valence-corrected chi connectivity index (χ0v) is 12.8. The number of aliphatic carboxylic acids is 1. The number of carboxylic acids is 1. The molecule has 0 aromatic rings. The van der Waals surface area contributed by atoms with E-state index in [1.165, 1.54) is 0 Å². The molecule has 0 bridgehead atoms. The highest BCUT2D eigenvalue weighted by Gasteiger charge is 2.39. The first kappa shape index (κ1) is 16.8. The molecule has 20 heavy (non-hydrogen) atoms. The van der Waals surface area contributed by atoms with E-state index in [1.807, 2.05) is 13.8 Å². The maximum Gasteiger partial charge on any atom is 0.317 e. The molecule has 1 heterocycles. The third kappa shape index (κ3) is 4.10. The number of urea groups is 1. The van der Waals surface area contributed by atoms with Crippen LogP contribution in [0.1, 0.15) is 33.6 Å². The van der Waals surface area contributed by atoms with Crippen LogP contribution in [0.15, 0.2) is 0 Å². The van der Waals surface area contributed by atoms with Gasteiger partial charge in [0.25, 0.3) is 0 Å². The molecule has 2 N–H and O–H groups in total. The number of carboxylic acid groups (broad SMARTS) is 1. The van der Waals surface area contributed by atoms with E-state index in [1.54, 1.807) is 18.9 Å². The van der Waals surface area contributed by atoms with Gasteiger partial charge in [0.05, 0.1) is 18.1 Å². The molecule has 1 saturated heterocycles. The number of nitrogens with zero attached hydrogens (tertiary/aromatic N) is 1. The molecular weight excluding hydrogens is 260 g/mol. The number of amides is 2. The summed E-state index contributed by atoms with van der Waals surface area (Å²) in [6.45, 7) is 7.04. The first-order chi connectivity index (χ1) is 9.30. The SMILES string of the molecule is COCC(NC(=O)N1CCCC(C)(C(=O)O)C1)C(C)C. The summed E-state index contributed by atoms with van der Waals surface area (Å²) in [5, 5.41) is 12.2. The van der Waals surface area contributed by atoms with Gasteiger partial charge in [0.2, 0.25) is 0 Å². The summed E-state index contributed by atoms with van der Waals surface area (Å²) < 4.78 is 5.11. The van der Waals surface area contributed by atoms with Crippen molar-refractivity contribution in [3.63, 3.8) is 0 Å². The molecule has 1 aliphatic heterocycles. The molecule has 0 aromatic heterocycles. The fourth-order valence-corrected chi connectivity index (χ4v) is 2.42. The second-order valence-corrected chi connectivity index (χ2v) is 6.15. The molecule has 1 fully saturated rings. The van der Waals surface area contributed by atoms with Crippen molar-refractivity contribution >= 4 is 12.0 Å². The van der Waals surface area contributed by atoms with Crippen LogP contribution in [0.5, 0.6) is 0 Å². The van der Waals surface area contributed by atoms with Crippen molar-refractivity contribution < 1.29 is 19.4 Å². The number of hydrogen-bond donors (Lipinski definition) is 2. The maximum absolute atomic E-state index is 12.3. The van der Waals surface area contributed by atoms with Crippen molar-refractivity contribution in [2.45, 2.75) is 39.7 Å². The Kier molecular flexibility index (Phi) is 5.80. The van der Waals surface area contributed by atoms with Gasteiger partial charge >= 0.3 is 12.0 Å². The predicted octanol–water partition coefficient (Wildman–Crippen LogP) is 1.55. The van der Waals surface area contributed by atoms with Gasteiger partial charge in [0.1, 0.15) is 0 Å². The summed E-state index contributed by atoms with van der Waals surface area (Å²) in [6.07, 6.45) is 1.32. The summed E-state index contributed by atoms with van der Waals surface area (Å²) >= 11 is 0. The topological polar surface area (TPSA) is 78.9 Å². The average molecular weight is 286 g/mol. The molecule has 2 unspecified atom stereocenters. The van der Waals surface area contributed by atoms with E-state index in [0.717, 1.165) is 0 Å². The number of hydrogen-bond acceptors (Lipinski definition) is 3. The minimum atomic E-state index is -0.843. The van der Waals surface area contributed by atoms with E-state index >= 15 is 0 Å². The lowest BCUT2D eigenvalue weighted by molar-refractivity contribution is -0.150. The smallest absolute Gasteiger partial charge is 0.317 e. The van der Waals surface area contributed by atoms with Gasteiger partial charge in [-0.2, -0.15) is 0 Å². The lowest BCUT2D eigenvalue weighted by atomic mass is 9.82. The Morgan fingerprint density at radius 3 is 2.60 bits per heavy atom. The van der Waals surface area contributed by atoms with E-state index in [2.05, 4.69) is 5.32 Å². The summed E-state index contributed by atoms with van der Waals surface area (Å²) in [6, 6.07) is -0.265. The molecule has 0 saturated carbocycles. The minimum Gasteiger partial charge on any atom is -0.481 e. The maximum atomic E-state index is 12.3. The Morgan fingerprint density at radius 1 is 1.45 bits per heavy atom. The largest absolute Gasteiger partial charge is 0.481 e. The first-order valence-corrected chi connectivity index (χ1v) is 7.08. The van der Waals surface area contributed by atoms with Crippen LogP contribution in [0.4, 0.5) is 4.79 Å². The molecule has 2 amide bonds. The molecule has 6 heteroatoms. The number of carbonyl (C=O) groups excluding carboxylic acids is 1. The fraction of sp³-hybridized carbons (Fsp3) is 0.857. The summed E-state index contributed by atoms with van der Waals surface area (Å²) in [7, 11) is 1.60. The molecule has 1 aliphatic rings. The van der Waals surface area contributed by atoms with E-state index < -0.39 is 11.4 Å². The number of ether oxygens (including phenoxy) is 1. The third-order valence-electron chi connectivity index (χ3n) is 3.96. The molecular formula is C14H26N2O4. The lowest BCUT2D eigenvalue weighted by Crippen LogP contribution is -2.54. The Balaban J connectivity index is 2.65. The summed E-state index contributed by atoms with van der Waals surface area (Å²) in [5.74, 6) is -0.582. The Bertz CT molecular complexity index is 359. The molecule has 6 nitrogen and oxygen atoms in total. The van der Waals surface area contributed by atoms with Gasteiger partial charge < -0.3 is 20.1 Å². The van der Waals surface area contributed by atoms with Crippen LogP contribution in [0.3, 0.4) is 0 Å². The van der Waals surface area contributed by atoms with E-state index in [9.17, 15) is 14.7 Å². The lowest BCUT2D eigenvalue weighted by Gasteiger charge is -2.38. The number of likely N-dealkylation sites (tertiary alicyclic amines) is 1. The van der Waals surface area contributed by atoms with Crippen molar-refractivity contribution in [1.29, 1.82) is 0 Å². The fourth-order valence-electron chi connectivity index (χ4n) is 2.42. The average Bonchev–Trinajstić information content (AvgIpc) is 2.37. The van der Waals surface area contributed by atoms with Crippen LogP contribution < -0.4 is 5.32 Å². The molecule has 0 aromatic carbocycles. The van der Waals surface area contributed by atoms with Crippen LogP contribution in [-0.4, -0.2) is 54.9 Å². The zero-order valence-electron chi connectivity index (χ0n) is 12.8. The van der Waals surface area contributed by atoms with Crippen LogP contribution in [0.25, 0.3) is 0 Å². The summed E-state index contributed by atoms with van der Waals surface area (Å²) in [4.78, 5) is 25.2. The van der Waals surface area contributed by atoms with Gasteiger partial charge in [-0.15, -0.1) is 0 Å². The monoisotopic (exact) mass is 286 g/mol. The van der Waals surface area contributed by atoms with Crippen LogP contribution >= 0.6 is 0 Å². The van der Waals surface area contributed by atoms with Crippen LogP contribution in [0.2, 0.25) is 0 Å². The number of rotatable bonds is 5. The van der Waals surface area contributed by atoms with E-state index in [-0.39, 0.29) is 24.5 Å². The second kappa shape index (κ2) is 6.92. The zero-order chi connectivity index (χ0) is 15.3. The Morgan fingerprint density at radius 2 is 2.10 bits per heavy atom. The predicted molar refractivity (Wildman–Crippen MR) is 75.6 cm³/mol. The van der Waals surface area contributed by atoms with Crippen LogP contribution in [0, 0.1) is 11.3 Å². The van der Waals surface area contributed by atoms with E-state index in [4.69, 9.17) is 4.74 Å². The molecule has 116 valence electrons. The number of carbonyl (C=O) groups is 2. The van der Waals surface area contributed by atoms with Gasteiger partial charge in [-0.25, -0.2) is 4.79 Å². The van der Waals surface area contributed by atoms with Crippen LogP contribution in [-0.2, 0) is 9.53 Å². The number of piperidine rings is 1. The number of nitrogens with one attached hydrogen (secondary N) is 1. The van der Waals surface area contributed by atoms with Gasteiger partial charge in [-0.3, -0.25) is 4.79 Å². The molecule has 2 atom stereocenters. The van der Waals surface area contributed by atoms with Crippen molar-refractivity contribution in [2.75, 3.05) is 26.8 Å². The summed E-state index contributed by atoms with van der Waals surface area (Å²) in [5.41, 5.74) is -0.843. The number of methoxy groups -OCH3 is 1. The Hall–Kier alpha value is -1.30. The normalized spacial score (nSPS) is 24.6. The highest BCUT2D eigenvalue weighted by Crippen LogP contribution is 2.29. The van der Waals surface area contributed by atoms with Crippen molar-refractivity contribution in [2.24, 2.45) is 11.3 Å². The minimum absolute atomic E-state index is 0.0643. The molecule has 0 spiro atoms. The van der Waals surface area contributed by atoms with Gasteiger partial charge in [-0.1, -0.05) is 13.8 Å². The second-order valence-electron chi connectivity index (χ2n) is 6.15. The molecule has 0 radical (unpaired) electrons. The van der Waals surface area contributed by atoms with Gasteiger partial charge in [-0.05, 0) is 25.7 Å². The van der Waals surface area contributed by atoms with E-state index in [0.29, 0.717) is 26.0 Å². The third-order valence-corrected chi connectivity index (χ3v) is 3.96. The van der Waals surface area contributed by atoms with Crippen molar-refractivity contribution in [3.8, 4) is 0 Å². The molecule has 0 aliphatic carbocycles. The Labute approximate surface area is 120 Å². The highest BCUT2D eigenvalue weighted by atomic mass is 16.5. The van der Waals surface area contributed by atoms with Gasteiger partial charge in [0.15, 0.2) is 0 Å². The van der Waals surface area contributed by atoms with Crippen molar-refractivity contribution in [1.82, 2.24) is 10.2 Å². The highest BCUT2D eigenvalue weighted by molar-refractivity contribution is 5.78. The van der Waals surface area contributed by atoms with Crippen molar-refractivity contribution in [3.05, 3.63) is 0 Å². The van der Waals surface area contributed by atoms with Gasteiger partial charge in [0, 0.05) is 20.2 Å². The first-order valence-electron chi connectivity index (χ1n) is 7.08. The molecule has 1 rings (SSSR count). The quantitative estimate of drug-likeness (QED) is 0.804.